The summed E-state index contributed by atoms with van der Waals surface area (Å²) >= 11 is 0. The lowest BCUT2D eigenvalue weighted by atomic mass is 10.2. The van der Waals surface area contributed by atoms with E-state index in [0.717, 1.165) is 0 Å². The topological polar surface area (TPSA) is 81.3 Å². The Morgan fingerprint density at radius 3 is 2.91 bits per heavy atom. The average Bonchev–Trinajstić information content (AvgIpc) is 3.05. The minimum atomic E-state index is -0.467. The van der Waals surface area contributed by atoms with Gasteiger partial charge in [0.25, 0.3) is 5.56 Å². The summed E-state index contributed by atoms with van der Waals surface area (Å²) in [5.41, 5.74) is 0.373. The van der Waals surface area contributed by atoms with Crippen molar-refractivity contribution >= 4 is 17.2 Å². The molecule has 0 aliphatic heterocycles. The standard InChI is InChI=1S/C15H15N5O2/c1-2-12(20-9-5-7-17-20)14(21)18-11-10-16-13-6-3-4-8-19(13)15(11)22/h3-10,12H,2H2,1H3,(H,18,21). The van der Waals surface area contributed by atoms with Gasteiger partial charge >= 0.3 is 0 Å². The van der Waals surface area contributed by atoms with Crippen molar-refractivity contribution in [3.63, 3.8) is 0 Å². The zero-order chi connectivity index (χ0) is 15.5. The Bertz CT molecular complexity index is 854. The highest BCUT2D eigenvalue weighted by Crippen LogP contribution is 2.12. The second-order valence-corrected chi connectivity index (χ2v) is 4.81. The van der Waals surface area contributed by atoms with Crippen molar-refractivity contribution in [2.75, 3.05) is 5.32 Å². The molecule has 3 rings (SSSR count). The third-order valence-electron chi connectivity index (χ3n) is 3.40. The van der Waals surface area contributed by atoms with Gasteiger partial charge in [0.2, 0.25) is 5.91 Å². The number of rotatable bonds is 4. The summed E-state index contributed by atoms with van der Waals surface area (Å²) in [6.07, 6.45) is 6.90. The van der Waals surface area contributed by atoms with Crippen LogP contribution in [0.4, 0.5) is 5.69 Å². The van der Waals surface area contributed by atoms with Gasteiger partial charge < -0.3 is 5.32 Å². The first-order valence-corrected chi connectivity index (χ1v) is 6.97. The van der Waals surface area contributed by atoms with Crippen LogP contribution in [0.15, 0.2) is 53.8 Å². The fourth-order valence-corrected chi connectivity index (χ4v) is 2.29. The van der Waals surface area contributed by atoms with Crippen molar-refractivity contribution in [3.8, 4) is 0 Å². The van der Waals surface area contributed by atoms with Crippen LogP contribution in [0.5, 0.6) is 0 Å². The second kappa shape index (κ2) is 5.80. The molecule has 1 atom stereocenters. The first-order chi connectivity index (χ1) is 10.7. The molecule has 3 aromatic heterocycles. The summed E-state index contributed by atoms with van der Waals surface area (Å²) < 4.78 is 2.96. The fraction of sp³-hybridized carbons (Fsp3) is 0.200. The molecule has 22 heavy (non-hydrogen) atoms. The number of anilines is 1. The van der Waals surface area contributed by atoms with E-state index in [-0.39, 0.29) is 17.2 Å². The van der Waals surface area contributed by atoms with E-state index < -0.39 is 6.04 Å². The highest BCUT2D eigenvalue weighted by molar-refractivity contribution is 5.93. The molecule has 0 aliphatic carbocycles. The van der Waals surface area contributed by atoms with E-state index in [1.54, 1.807) is 47.5 Å². The summed E-state index contributed by atoms with van der Waals surface area (Å²) in [4.78, 5) is 28.9. The Balaban J connectivity index is 1.91. The largest absolute Gasteiger partial charge is 0.318 e. The maximum Gasteiger partial charge on any atom is 0.281 e. The molecule has 0 spiro atoms. The Morgan fingerprint density at radius 1 is 1.32 bits per heavy atom. The van der Waals surface area contributed by atoms with Gasteiger partial charge in [0.05, 0.1) is 6.20 Å². The quantitative estimate of drug-likeness (QED) is 0.791. The van der Waals surface area contributed by atoms with E-state index in [2.05, 4.69) is 15.4 Å². The van der Waals surface area contributed by atoms with Crippen LogP contribution in [0, 0.1) is 0 Å². The lowest BCUT2D eigenvalue weighted by Crippen LogP contribution is -2.29. The third kappa shape index (κ3) is 2.48. The van der Waals surface area contributed by atoms with Crippen LogP contribution in [0.25, 0.3) is 5.65 Å². The molecule has 0 saturated heterocycles. The number of hydrogen-bond acceptors (Lipinski definition) is 4. The zero-order valence-electron chi connectivity index (χ0n) is 12.0. The lowest BCUT2D eigenvalue weighted by molar-refractivity contribution is -0.119. The number of carbonyl (C=O) groups is 1. The van der Waals surface area contributed by atoms with Gasteiger partial charge in [-0.3, -0.25) is 18.7 Å². The number of nitrogens with zero attached hydrogens (tertiary/aromatic N) is 4. The Labute approximate surface area is 126 Å². The second-order valence-electron chi connectivity index (χ2n) is 4.81. The maximum atomic E-state index is 12.4. The number of hydrogen-bond donors (Lipinski definition) is 1. The van der Waals surface area contributed by atoms with E-state index in [4.69, 9.17) is 0 Å². The first-order valence-electron chi connectivity index (χ1n) is 6.97. The number of pyridine rings is 1. The van der Waals surface area contributed by atoms with Gasteiger partial charge in [-0.05, 0) is 24.6 Å². The van der Waals surface area contributed by atoms with E-state index in [1.807, 2.05) is 6.92 Å². The van der Waals surface area contributed by atoms with Crippen LogP contribution in [0.2, 0.25) is 0 Å². The molecule has 7 nitrogen and oxygen atoms in total. The van der Waals surface area contributed by atoms with Crippen LogP contribution in [0.1, 0.15) is 19.4 Å². The molecule has 112 valence electrons. The Kier molecular flexibility index (Phi) is 3.69. The number of carbonyl (C=O) groups excluding carboxylic acids is 1. The molecule has 0 bridgehead atoms. The minimum Gasteiger partial charge on any atom is -0.318 e. The molecule has 0 aromatic carbocycles. The molecule has 1 amide bonds. The van der Waals surface area contributed by atoms with E-state index in [1.165, 1.54) is 10.6 Å². The van der Waals surface area contributed by atoms with Crippen LogP contribution in [-0.2, 0) is 4.79 Å². The third-order valence-corrected chi connectivity index (χ3v) is 3.40. The molecule has 0 saturated carbocycles. The molecular formula is C15H15N5O2. The summed E-state index contributed by atoms with van der Waals surface area (Å²) in [5, 5.41) is 6.73. The lowest BCUT2D eigenvalue weighted by Gasteiger charge is -2.15. The van der Waals surface area contributed by atoms with Gasteiger partial charge in [-0.25, -0.2) is 4.98 Å². The highest BCUT2D eigenvalue weighted by atomic mass is 16.2. The maximum absolute atomic E-state index is 12.4. The van der Waals surface area contributed by atoms with Crippen molar-refractivity contribution in [1.29, 1.82) is 0 Å². The van der Waals surface area contributed by atoms with Crippen molar-refractivity contribution in [2.45, 2.75) is 19.4 Å². The van der Waals surface area contributed by atoms with Crippen LogP contribution >= 0.6 is 0 Å². The van der Waals surface area contributed by atoms with Gasteiger partial charge in [0, 0.05) is 18.6 Å². The summed E-state index contributed by atoms with van der Waals surface area (Å²) in [6.45, 7) is 1.89. The van der Waals surface area contributed by atoms with Gasteiger partial charge in [-0.2, -0.15) is 5.10 Å². The van der Waals surface area contributed by atoms with Crippen LogP contribution < -0.4 is 10.9 Å². The monoisotopic (exact) mass is 297 g/mol. The molecule has 0 fully saturated rings. The van der Waals surface area contributed by atoms with Crippen molar-refractivity contribution in [2.24, 2.45) is 0 Å². The molecule has 7 heteroatoms. The number of nitrogens with one attached hydrogen (secondary N) is 1. The Morgan fingerprint density at radius 2 is 2.18 bits per heavy atom. The molecular weight excluding hydrogens is 282 g/mol. The summed E-state index contributed by atoms with van der Waals surface area (Å²) in [6, 6.07) is 6.55. The molecule has 3 heterocycles. The zero-order valence-corrected chi connectivity index (χ0v) is 12.0. The number of fused-ring (bicyclic) bond motifs is 1. The Hall–Kier alpha value is -2.96. The van der Waals surface area contributed by atoms with Crippen molar-refractivity contribution in [3.05, 3.63) is 59.4 Å². The summed E-state index contributed by atoms with van der Waals surface area (Å²) in [5.74, 6) is -0.291. The molecule has 0 aliphatic rings. The predicted octanol–water partition coefficient (Wildman–Crippen LogP) is 1.48. The smallest absolute Gasteiger partial charge is 0.281 e. The van der Waals surface area contributed by atoms with Crippen LogP contribution in [0.3, 0.4) is 0 Å². The SMILES string of the molecule is CCC(C(=O)Nc1cnc2ccccn2c1=O)n1cccn1. The first kappa shape index (κ1) is 14.0. The van der Waals surface area contributed by atoms with Gasteiger partial charge in [0.15, 0.2) is 0 Å². The summed E-state index contributed by atoms with van der Waals surface area (Å²) in [7, 11) is 0. The van der Waals surface area contributed by atoms with E-state index >= 15 is 0 Å². The van der Waals surface area contributed by atoms with Crippen molar-refractivity contribution in [1.82, 2.24) is 19.2 Å². The normalized spacial score (nSPS) is 12.2. The number of amides is 1. The average molecular weight is 297 g/mol. The minimum absolute atomic E-state index is 0.152. The van der Waals surface area contributed by atoms with Gasteiger partial charge in [-0.15, -0.1) is 0 Å². The fourth-order valence-electron chi connectivity index (χ4n) is 2.29. The van der Waals surface area contributed by atoms with Gasteiger partial charge in [0.1, 0.15) is 17.4 Å². The van der Waals surface area contributed by atoms with Gasteiger partial charge in [-0.1, -0.05) is 13.0 Å². The van der Waals surface area contributed by atoms with E-state index in [9.17, 15) is 9.59 Å². The molecule has 1 unspecified atom stereocenters. The molecule has 1 N–H and O–H groups in total. The highest BCUT2D eigenvalue weighted by Gasteiger charge is 2.20. The molecule has 0 radical (unpaired) electrons. The van der Waals surface area contributed by atoms with Crippen molar-refractivity contribution < 1.29 is 4.79 Å². The number of aromatic nitrogens is 4. The molecule has 3 aromatic rings. The van der Waals surface area contributed by atoms with E-state index in [0.29, 0.717) is 12.1 Å². The van der Waals surface area contributed by atoms with Crippen LogP contribution in [-0.4, -0.2) is 25.1 Å². The predicted molar refractivity (Wildman–Crippen MR) is 81.6 cm³/mol.